The number of nitrogens with zero attached hydrogens (tertiary/aromatic N) is 2. The molecule has 4 aliphatic rings. The number of benzene rings is 11. The van der Waals surface area contributed by atoms with Crippen molar-refractivity contribution in [2.75, 3.05) is 9.80 Å². The van der Waals surface area contributed by atoms with Crippen LogP contribution in [0.1, 0.15) is 22.3 Å². The fourth-order valence-corrected chi connectivity index (χ4v) is 12.0. The highest BCUT2D eigenvalue weighted by Crippen LogP contribution is 2.64. The lowest BCUT2D eigenvalue weighted by molar-refractivity contribution is 0.446. The number of anilines is 6. The Morgan fingerprint density at radius 2 is 0.704 bits per heavy atom. The summed E-state index contributed by atoms with van der Waals surface area (Å²) in [4.78, 5) is 4.68. The van der Waals surface area contributed by atoms with Gasteiger partial charge in [0.15, 0.2) is 23.0 Å². The summed E-state index contributed by atoms with van der Waals surface area (Å²) >= 11 is 0. The molecule has 2 aliphatic carbocycles. The van der Waals surface area contributed by atoms with Crippen molar-refractivity contribution in [2.45, 2.75) is 5.41 Å². The van der Waals surface area contributed by atoms with Crippen LogP contribution >= 0.6 is 0 Å². The fourth-order valence-electron chi connectivity index (χ4n) is 12.0. The van der Waals surface area contributed by atoms with E-state index in [0.29, 0.717) is 0 Å². The van der Waals surface area contributed by atoms with Gasteiger partial charge in [-0.3, -0.25) is 4.90 Å². The number of ether oxygens (including phenoxy) is 2. The molecule has 11 aromatic rings. The molecule has 0 aromatic heterocycles. The summed E-state index contributed by atoms with van der Waals surface area (Å²) in [5.41, 5.74) is 22.9. The number of hydrogen-bond acceptors (Lipinski definition) is 4. The van der Waals surface area contributed by atoms with Crippen molar-refractivity contribution in [3.8, 4) is 78.6 Å². The van der Waals surface area contributed by atoms with Crippen molar-refractivity contribution in [2.24, 2.45) is 0 Å². The first-order valence-electron chi connectivity index (χ1n) is 24.3. The molecule has 2 aliphatic heterocycles. The number of rotatable bonds is 6. The minimum atomic E-state index is -0.449. The fraction of sp³-hybridized carbons (Fsp3) is 0.0149. The van der Waals surface area contributed by atoms with Crippen LogP contribution in [-0.4, -0.2) is 0 Å². The van der Waals surface area contributed by atoms with E-state index in [2.05, 4.69) is 228 Å². The largest absolute Gasteiger partial charge is 0.453 e. The second kappa shape index (κ2) is 15.3. The average molecular weight is 907 g/mol. The standard InChI is InChI=1S/C67H42N2O2/c1-2-15-43(16-3-1)44-29-33-49(34-30-44)68(51-37-38-55-54-21-6-9-24-58(54)67(59(55)42-51)56-22-7-4-19-52(56)53-20-5-8-23-57(53)67)50-35-31-45(32-36-50)46-17-14-18-47(39-46)48-40-64-66-65(41-48)71-63-28-13-11-26-61(63)69(66)60-25-10-12-27-62(60)70-64/h1-42H. The van der Waals surface area contributed by atoms with Crippen molar-refractivity contribution in [3.05, 3.63) is 277 Å². The Labute approximate surface area is 412 Å². The topological polar surface area (TPSA) is 24.9 Å². The van der Waals surface area contributed by atoms with Crippen LogP contribution in [0.15, 0.2) is 255 Å². The molecule has 332 valence electrons. The van der Waals surface area contributed by atoms with Gasteiger partial charge in [-0.15, -0.1) is 0 Å². The minimum Gasteiger partial charge on any atom is -0.453 e. The molecule has 1 spiro atoms. The first-order valence-corrected chi connectivity index (χ1v) is 24.3. The summed E-state index contributed by atoms with van der Waals surface area (Å²) in [7, 11) is 0. The number of para-hydroxylation sites is 4. The van der Waals surface area contributed by atoms with Gasteiger partial charge in [-0.1, -0.05) is 176 Å². The summed E-state index contributed by atoms with van der Waals surface area (Å²) in [6, 6.07) is 92.3. The van der Waals surface area contributed by atoms with Crippen molar-refractivity contribution in [3.63, 3.8) is 0 Å². The first kappa shape index (κ1) is 39.6. The second-order valence-electron chi connectivity index (χ2n) is 18.8. The predicted molar refractivity (Wildman–Crippen MR) is 289 cm³/mol. The maximum atomic E-state index is 6.63. The molecular formula is C67H42N2O2. The zero-order chi connectivity index (χ0) is 46.6. The van der Waals surface area contributed by atoms with Gasteiger partial charge in [0.1, 0.15) is 5.69 Å². The molecule has 0 saturated carbocycles. The lowest BCUT2D eigenvalue weighted by Crippen LogP contribution is -2.26. The van der Waals surface area contributed by atoms with E-state index in [1.54, 1.807) is 0 Å². The molecular weight excluding hydrogens is 865 g/mol. The highest BCUT2D eigenvalue weighted by atomic mass is 16.5. The maximum Gasteiger partial charge on any atom is 0.156 e. The van der Waals surface area contributed by atoms with Crippen molar-refractivity contribution >= 4 is 34.1 Å². The van der Waals surface area contributed by atoms with Crippen LogP contribution in [0.25, 0.3) is 55.6 Å². The van der Waals surface area contributed by atoms with E-state index in [1.807, 2.05) is 36.4 Å². The zero-order valence-corrected chi connectivity index (χ0v) is 38.5. The highest BCUT2D eigenvalue weighted by Gasteiger charge is 2.51. The SMILES string of the molecule is c1ccc(-c2ccc(N(c3ccc(-c4cccc(-c5cc6c7c(c5)Oc5ccccc5N7c5ccccc5O6)c4)cc3)c3ccc4c(c3)C3(c5ccccc5-c5ccccc53)c3ccccc3-4)cc2)cc1. The molecule has 4 nitrogen and oxygen atoms in total. The Hall–Kier alpha value is -9.38. The van der Waals surface area contributed by atoms with Gasteiger partial charge in [0.2, 0.25) is 0 Å². The van der Waals surface area contributed by atoms with E-state index < -0.39 is 5.41 Å². The van der Waals surface area contributed by atoms with Crippen LogP contribution < -0.4 is 19.3 Å². The quantitative estimate of drug-likeness (QED) is 0.166. The monoisotopic (exact) mass is 906 g/mol. The Morgan fingerprint density at radius 1 is 0.282 bits per heavy atom. The van der Waals surface area contributed by atoms with Gasteiger partial charge in [-0.2, -0.15) is 0 Å². The molecule has 0 amide bonds. The molecule has 4 heteroatoms. The molecule has 0 unspecified atom stereocenters. The van der Waals surface area contributed by atoms with Gasteiger partial charge >= 0.3 is 0 Å². The average Bonchev–Trinajstić information content (AvgIpc) is 3.91. The molecule has 15 rings (SSSR count). The second-order valence-corrected chi connectivity index (χ2v) is 18.8. The van der Waals surface area contributed by atoms with Crippen LogP contribution in [0.5, 0.6) is 23.0 Å². The normalized spacial score (nSPS) is 13.4. The first-order chi connectivity index (χ1) is 35.2. The van der Waals surface area contributed by atoms with Crippen LogP contribution in [0, 0.1) is 0 Å². The third-order valence-corrected chi connectivity index (χ3v) is 15.0. The minimum absolute atomic E-state index is 0.449. The Balaban J connectivity index is 0.838. The lowest BCUT2D eigenvalue weighted by atomic mass is 9.70. The smallest absolute Gasteiger partial charge is 0.156 e. The summed E-state index contributed by atoms with van der Waals surface area (Å²) in [6.07, 6.45) is 0. The number of fused-ring (bicyclic) bond motifs is 14. The van der Waals surface area contributed by atoms with Gasteiger partial charge in [0.25, 0.3) is 0 Å². The van der Waals surface area contributed by atoms with E-state index in [4.69, 9.17) is 9.47 Å². The number of hydrogen-bond donors (Lipinski definition) is 0. The van der Waals surface area contributed by atoms with Crippen molar-refractivity contribution in [1.29, 1.82) is 0 Å². The lowest BCUT2D eigenvalue weighted by Gasteiger charge is -2.38. The molecule has 71 heavy (non-hydrogen) atoms. The molecule has 0 bridgehead atoms. The van der Waals surface area contributed by atoms with E-state index in [0.717, 1.165) is 79.4 Å². The molecule has 0 atom stereocenters. The third-order valence-electron chi connectivity index (χ3n) is 15.0. The van der Waals surface area contributed by atoms with Crippen LogP contribution in [0.2, 0.25) is 0 Å². The van der Waals surface area contributed by atoms with Gasteiger partial charge in [0, 0.05) is 17.1 Å². The van der Waals surface area contributed by atoms with E-state index in [9.17, 15) is 0 Å². The Kier molecular flexibility index (Phi) is 8.54. The van der Waals surface area contributed by atoms with Gasteiger partial charge in [-0.25, -0.2) is 0 Å². The molecule has 0 saturated heterocycles. The van der Waals surface area contributed by atoms with Crippen molar-refractivity contribution in [1.82, 2.24) is 0 Å². The summed E-state index contributed by atoms with van der Waals surface area (Å²) in [5.74, 6) is 3.15. The Morgan fingerprint density at radius 3 is 1.27 bits per heavy atom. The van der Waals surface area contributed by atoms with E-state index in [1.165, 1.54) is 55.6 Å². The molecule has 0 fully saturated rings. The maximum absolute atomic E-state index is 6.63. The van der Waals surface area contributed by atoms with Gasteiger partial charge < -0.3 is 14.4 Å². The Bertz CT molecular complexity index is 3820. The zero-order valence-electron chi connectivity index (χ0n) is 38.5. The molecule has 2 heterocycles. The summed E-state index contributed by atoms with van der Waals surface area (Å²) < 4.78 is 13.3. The summed E-state index contributed by atoms with van der Waals surface area (Å²) in [5, 5.41) is 0. The van der Waals surface area contributed by atoms with Gasteiger partial charge in [0.05, 0.1) is 16.8 Å². The van der Waals surface area contributed by atoms with Crippen LogP contribution in [0.3, 0.4) is 0 Å². The predicted octanol–water partition coefficient (Wildman–Crippen LogP) is 18.2. The van der Waals surface area contributed by atoms with Crippen LogP contribution in [-0.2, 0) is 5.41 Å². The highest BCUT2D eigenvalue weighted by molar-refractivity contribution is 5.98. The molecule has 0 N–H and O–H groups in total. The van der Waals surface area contributed by atoms with Crippen molar-refractivity contribution < 1.29 is 9.47 Å². The van der Waals surface area contributed by atoms with Crippen LogP contribution in [0.4, 0.5) is 34.1 Å². The summed E-state index contributed by atoms with van der Waals surface area (Å²) in [6.45, 7) is 0. The van der Waals surface area contributed by atoms with E-state index in [-0.39, 0.29) is 0 Å². The van der Waals surface area contributed by atoms with E-state index >= 15 is 0 Å². The molecule has 0 radical (unpaired) electrons. The molecule has 11 aromatic carbocycles. The third kappa shape index (κ3) is 5.86. The van der Waals surface area contributed by atoms with Gasteiger partial charge in [-0.05, 0) is 157 Å².